The average Bonchev–Trinajstić information content (AvgIpc) is 3.18. The van der Waals surface area contributed by atoms with Crippen LogP contribution in [0.3, 0.4) is 0 Å². The third-order valence-electron chi connectivity index (χ3n) is 5.31. The molecule has 1 aromatic heterocycles. The Hall–Kier alpha value is -3.74. The average molecular weight is 415 g/mol. The Labute approximate surface area is 181 Å². The summed E-state index contributed by atoms with van der Waals surface area (Å²) in [5.41, 5.74) is 3.40. The Morgan fingerprint density at radius 1 is 1.03 bits per heavy atom. The molecule has 2 amide bonds. The highest BCUT2D eigenvalue weighted by Gasteiger charge is 2.35. The zero-order chi connectivity index (χ0) is 21.8. The predicted octanol–water partition coefficient (Wildman–Crippen LogP) is 4.08. The summed E-state index contributed by atoms with van der Waals surface area (Å²) >= 11 is 0. The maximum absolute atomic E-state index is 12.6. The van der Waals surface area contributed by atoms with E-state index in [1.807, 2.05) is 74.5 Å². The smallest absolute Gasteiger partial charge is 0.229 e. The lowest BCUT2D eigenvalue weighted by Crippen LogP contribution is -2.33. The van der Waals surface area contributed by atoms with E-state index in [0.717, 1.165) is 16.9 Å². The molecule has 0 radical (unpaired) electrons. The molecule has 1 saturated heterocycles. The maximum atomic E-state index is 12.6. The van der Waals surface area contributed by atoms with Crippen molar-refractivity contribution >= 4 is 29.0 Å². The minimum atomic E-state index is -0.315. The summed E-state index contributed by atoms with van der Waals surface area (Å²) in [6, 6.07) is 19.3. The fourth-order valence-electron chi connectivity index (χ4n) is 3.63. The highest BCUT2D eigenvalue weighted by atomic mass is 16.2. The molecule has 2 aromatic carbocycles. The van der Waals surface area contributed by atoms with Crippen LogP contribution in [-0.4, -0.2) is 39.3 Å². The molecule has 7 heteroatoms. The first-order valence-corrected chi connectivity index (χ1v) is 10.3. The van der Waals surface area contributed by atoms with Crippen LogP contribution < -0.4 is 10.6 Å². The normalized spacial score (nSPS) is 15.9. The number of hydrogen-bond acceptors (Lipinski definition) is 5. The Kier molecular flexibility index (Phi) is 5.93. The van der Waals surface area contributed by atoms with E-state index >= 15 is 0 Å². The monoisotopic (exact) mass is 415 g/mol. The fraction of sp³-hybridized carbons (Fsp3) is 0.250. The molecular weight excluding hydrogens is 390 g/mol. The zero-order valence-corrected chi connectivity index (χ0v) is 17.6. The number of likely N-dealkylation sites (tertiary alicyclic amines) is 1. The standard InChI is InChI=1S/C24H25N5O2/c1-16(2)29-14-18(12-23(29)30)24(31)28-20-10-8-19(9-11-20)27-22-13-21(25-15-26-22)17-6-4-3-5-7-17/h3-11,13,15-16,18H,12,14H2,1-2H3,(H,28,31)(H,25,26,27). The van der Waals surface area contributed by atoms with Crippen LogP contribution in [0.5, 0.6) is 0 Å². The summed E-state index contributed by atoms with van der Waals surface area (Å²) in [6.45, 7) is 4.40. The molecule has 0 spiro atoms. The molecule has 2 heterocycles. The van der Waals surface area contributed by atoms with Crippen LogP contribution in [0.25, 0.3) is 11.3 Å². The molecule has 1 fully saturated rings. The Morgan fingerprint density at radius 3 is 2.42 bits per heavy atom. The van der Waals surface area contributed by atoms with E-state index in [0.29, 0.717) is 18.1 Å². The van der Waals surface area contributed by atoms with Crippen LogP contribution in [0.4, 0.5) is 17.2 Å². The number of hydrogen-bond donors (Lipinski definition) is 2. The van der Waals surface area contributed by atoms with E-state index in [2.05, 4.69) is 20.6 Å². The summed E-state index contributed by atoms with van der Waals surface area (Å²) in [6.07, 6.45) is 1.80. The Morgan fingerprint density at radius 2 is 1.74 bits per heavy atom. The second-order valence-corrected chi connectivity index (χ2v) is 7.89. The van der Waals surface area contributed by atoms with Crippen molar-refractivity contribution in [1.82, 2.24) is 14.9 Å². The van der Waals surface area contributed by atoms with Gasteiger partial charge in [-0.1, -0.05) is 30.3 Å². The largest absolute Gasteiger partial charge is 0.340 e. The number of nitrogens with one attached hydrogen (secondary N) is 2. The molecule has 1 aliphatic rings. The molecule has 0 bridgehead atoms. The van der Waals surface area contributed by atoms with E-state index < -0.39 is 0 Å². The SMILES string of the molecule is CC(C)N1CC(C(=O)Nc2ccc(Nc3cc(-c4ccccc4)ncn3)cc2)CC1=O. The molecule has 158 valence electrons. The van der Waals surface area contributed by atoms with Gasteiger partial charge in [-0.25, -0.2) is 9.97 Å². The summed E-state index contributed by atoms with van der Waals surface area (Å²) in [5.74, 6) is 0.281. The van der Waals surface area contributed by atoms with Crippen LogP contribution in [0.1, 0.15) is 20.3 Å². The lowest BCUT2D eigenvalue weighted by atomic mass is 10.1. The van der Waals surface area contributed by atoms with Gasteiger partial charge >= 0.3 is 0 Å². The molecule has 7 nitrogen and oxygen atoms in total. The maximum Gasteiger partial charge on any atom is 0.229 e. The topological polar surface area (TPSA) is 87.2 Å². The fourth-order valence-corrected chi connectivity index (χ4v) is 3.63. The molecule has 1 atom stereocenters. The van der Waals surface area contributed by atoms with Crippen molar-refractivity contribution in [3.63, 3.8) is 0 Å². The van der Waals surface area contributed by atoms with E-state index in [-0.39, 0.29) is 30.2 Å². The highest BCUT2D eigenvalue weighted by Crippen LogP contribution is 2.24. The molecule has 1 unspecified atom stereocenters. The first-order valence-electron chi connectivity index (χ1n) is 10.3. The number of carbonyl (C=O) groups excluding carboxylic acids is 2. The molecular formula is C24H25N5O2. The van der Waals surface area contributed by atoms with Crippen LogP contribution in [0, 0.1) is 5.92 Å². The molecule has 0 aliphatic carbocycles. The van der Waals surface area contributed by atoms with Gasteiger partial charge in [0.1, 0.15) is 12.1 Å². The minimum absolute atomic E-state index is 0.0365. The number of aromatic nitrogens is 2. The quantitative estimate of drug-likeness (QED) is 0.633. The number of anilines is 3. The molecule has 3 aromatic rings. The number of nitrogens with zero attached hydrogens (tertiary/aromatic N) is 3. The van der Waals surface area contributed by atoms with Gasteiger partial charge in [0.25, 0.3) is 0 Å². The van der Waals surface area contributed by atoms with E-state index in [4.69, 9.17) is 0 Å². The van der Waals surface area contributed by atoms with Crippen molar-refractivity contribution in [3.8, 4) is 11.3 Å². The summed E-state index contributed by atoms with van der Waals surface area (Å²) < 4.78 is 0. The van der Waals surface area contributed by atoms with Gasteiger partial charge in [0.2, 0.25) is 11.8 Å². The van der Waals surface area contributed by atoms with Crippen LogP contribution in [0.2, 0.25) is 0 Å². The minimum Gasteiger partial charge on any atom is -0.340 e. The first kappa shape index (κ1) is 20.5. The molecule has 31 heavy (non-hydrogen) atoms. The van der Waals surface area contributed by atoms with E-state index in [1.165, 1.54) is 6.33 Å². The third kappa shape index (κ3) is 4.88. The molecule has 4 rings (SSSR count). The van der Waals surface area contributed by atoms with Crippen LogP contribution in [-0.2, 0) is 9.59 Å². The van der Waals surface area contributed by atoms with Crippen molar-refractivity contribution in [3.05, 3.63) is 67.0 Å². The number of benzene rings is 2. The van der Waals surface area contributed by atoms with Crippen molar-refractivity contribution in [2.24, 2.45) is 5.92 Å². The van der Waals surface area contributed by atoms with Crippen LogP contribution >= 0.6 is 0 Å². The van der Waals surface area contributed by atoms with Crippen molar-refractivity contribution in [2.75, 3.05) is 17.2 Å². The Bertz CT molecular complexity index is 1070. The van der Waals surface area contributed by atoms with Gasteiger partial charge < -0.3 is 15.5 Å². The number of amides is 2. The third-order valence-corrected chi connectivity index (χ3v) is 5.31. The summed E-state index contributed by atoms with van der Waals surface area (Å²) in [5, 5.41) is 6.17. The molecule has 0 saturated carbocycles. The second kappa shape index (κ2) is 8.95. The second-order valence-electron chi connectivity index (χ2n) is 7.89. The Balaban J connectivity index is 1.38. The molecule has 1 aliphatic heterocycles. The predicted molar refractivity (Wildman–Crippen MR) is 121 cm³/mol. The lowest BCUT2D eigenvalue weighted by Gasteiger charge is -2.20. The van der Waals surface area contributed by atoms with Crippen molar-refractivity contribution in [2.45, 2.75) is 26.3 Å². The number of carbonyl (C=O) groups is 2. The highest BCUT2D eigenvalue weighted by molar-refractivity contribution is 5.97. The van der Waals surface area contributed by atoms with Crippen molar-refractivity contribution < 1.29 is 9.59 Å². The van der Waals surface area contributed by atoms with Crippen LogP contribution in [0.15, 0.2) is 67.0 Å². The van der Waals surface area contributed by atoms with E-state index in [9.17, 15) is 9.59 Å². The van der Waals surface area contributed by atoms with Gasteiger partial charge in [0, 0.05) is 42.0 Å². The summed E-state index contributed by atoms with van der Waals surface area (Å²) in [4.78, 5) is 35.0. The molecule has 2 N–H and O–H groups in total. The van der Waals surface area contributed by atoms with Crippen molar-refractivity contribution in [1.29, 1.82) is 0 Å². The zero-order valence-electron chi connectivity index (χ0n) is 17.6. The number of rotatable bonds is 6. The van der Waals surface area contributed by atoms with Gasteiger partial charge in [-0.3, -0.25) is 9.59 Å². The van der Waals surface area contributed by atoms with Gasteiger partial charge in [-0.15, -0.1) is 0 Å². The van der Waals surface area contributed by atoms with Gasteiger partial charge in [-0.2, -0.15) is 0 Å². The first-order chi connectivity index (χ1) is 15.0. The van der Waals surface area contributed by atoms with Gasteiger partial charge in [0.15, 0.2) is 0 Å². The van der Waals surface area contributed by atoms with Gasteiger partial charge in [-0.05, 0) is 38.1 Å². The van der Waals surface area contributed by atoms with E-state index in [1.54, 1.807) is 4.90 Å². The van der Waals surface area contributed by atoms with Gasteiger partial charge in [0.05, 0.1) is 11.6 Å². The summed E-state index contributed by atoms with van der Waals surface area (Å²) in [7, 11) is 0. The lowest BCUT2D eigenvalue weighted by molar-refractivity contribution is -0.129.